The van der Waals surface area contributed by atoms with E-state index in [1.54, 1.807) is 7.11 Å². The van der Waals surface area contributed by atoms with Gasteiger partial charge in [-0.3, -0.25) is 4.79 Å². The Morgan fingerprint density at radius 3 is 2.70 bits per heavy atom. The summed E-state index contributed by atoms with van der Waals surface area (Å²) in [5, 5.41) is 5.12. The minimum atomic E-state index is 0.0377. The van der Waals surface area contributed by atoms with Crippen molar-refractivity contribution >= 4 is 17.2 Å². The molecule has 2 fully saturated rings. The summed E-state index contributed by atoms with van der Waals surface area (Å²) in [6.45, 7) is 0. The number of thiophene rings is 1. The molecule has 0 aliphatic heterocycles. The molecule has 1 aromatic rings. The van der Waals surface area contributed by atoms with Gasteiger partial charge in [0.25, 0.3) is 5.91 Å². The number of rotatable bonds is 3. The number of fused-ring (bicyclic) bond motifs is 2. The van der Waals surface area contributed by atoms with E-state index in [0.717, 1.165) is 23.5 Å². The zero-order valence-corrected chi connectivity index (χ0v) is 12.6. The van der Waals surface area contributed by atoms with E-state index in [9.17, 15) is 4.79 Å². The minimum Gasteiger partial charge on any atom is -0.496 e. The maximum atomic E-state index is 12.4. The van der Waals surface area contributed by atoms with Gasteiger partial charge in [-0.05, 0) is 37.5 Å². The van der Waals surface area contributed by atoms with Crippen LogP contribution in [0, 0.1) is 11.8 Å². The summed E-state index contributed by atoms with van der Waals surface area (Å²) in [7, 11) is 1.62. The van der Waals surface area contributed by atoms with Gasteiger partial charge in [0.1, 0.15) is 5.75 Å². The van der Waals surface area contributed by atoms with Gasteiger partial charge in [0.2, 0.25) is 0 Å². The monoisotopic (exact) mass is 294 g/mol. The number of nitrogens with two attached hydrogens (primary N) is 1. The van der Waals surface area contributed by atoms with Crippen LogP contribution in [0.4, 0.5) is 0 Å². The van der Waals surface area contributed by atoms with Gasteiger partial charge >= 0.3 is 0 Å². The van der Waals surface area contributed by atoms with E-state index in [1.807, 2.05) is 11.4 Å². The highest BCUT2D eigenvalue weighted by Crippen LogP contribution is 2.39. The summed E-state index contributed by atoms with van der Waals surface area (Å²) in [6.07, 6.45) is 5.78. The van der Waals surface area contributed by atoms with Crippen LogP contribution in [0.15, 0.2) is 11.4 Å². The molecular weight excluding hydrogens is 272 g/mol. The average Bonchev–Trinajstić information content (AvgIpc) is 2.88. The van der Waals surface area contributed by atoms with Crippen LogP contribution in [0.25, 0.3) is 0 Å². The highest BCUT2D eigenvalue weighted by atomic mass is 32.1. The highest BCUT2D eigenvalue weighted by molar-refractivity contribution is 7.12. The molecule has 20 heavy (non-hydrogen) atoms. The lowest BCUT2D eigenvalue weighted by Crippen LogP contribution is -2.53. The van der Waals surface area contributed by atoms with E-state index in [1.165, 1.54) is 30.6 Å². The van der Waals surface area contributed by atoms with E-state index < -0.39 is 0 Å². The molecule has 2 atom stereocenters. The number of carbonyl (C=O) groups is 1. The molecule has 1 aromatic heterocycles. The minimum absolute atomic E-state index is 0.0377. The Hall–Kier alpha value is -1.07. The number of nitrogens with one attached hydrogen (secondary N) is 1. The zero-order chi connectivity index (χ0) is 14.1. The van der Waals surface area contributed by atoms with Crippen molar-refractivity contribution in [3.8, 4) is 5.75 Å². The van der Waals surface area contributed by atoms with Crippen LogP contribution < -0.4 is 15.8 Å². The van der Waals surface area contributed by atoms with Gasteiger partial charge in [-0.25, -0.2) is 0 Å². The van der Waals surface area contributed by atoms with E-state index in [0.29, 0.717) is 23.9 Å². The van der Waals surface area contributed by atoms with Gasteiger partial charge in [-0.2, -0.15) is 0 Å². The van der Waals surface area contributed by atoms with Crippen LogP contribution in [0.1, 0.15) is 41.8 Å². The number of methoxy groups -OCH3 is 1. The predicted molar refractivity (Wildman–Crippen MR) is 80.2 cm³/mol. The molecule has 4 nitrogen and oxygen atoms in total. The lowest BCUT2D eigenvalue weighted by Gasteiger charge is -2.45. The van der Waals surface area contributed by atoms with Gasteiger partial charge in [-0.1, -0.05) is 6.42 Å². The molecule has 2 bridgehead atoms. The molecule has 1 heterocycles. The molecule has 0 aromatic carbocycles. The number of hydrogen-bond donors (Lipinski definition) is 2. The first-order chi connectivity index (χ1) is 9.67. The van der Waals surface area contributed by atoms with Gasteiger partial charge in [0, 0.05) is 23.5 Å². The maximum absolute atomic E-state index is 12.4. The first kappa shape index (κ1) is 13.9. The summed E-state index contributed by atoms with van der Waals surface area (Å²) in [4.78, 5) is 13.1. The molecule has 2 aliphatic rings. The second-order valence-corrected chi connectivity index (χ2v) is 6.94. The Balaban J connectivity index is 1.69. The molecule has 110 valence electrons. The van der Waals surface area contributed by atoms with E-state index in [4.69, 9.17) is 10.5 Å². The molecule has 3 rings (SSSR count). The summed E-state index contributed by atoms with van der Waals surface area (Å²) in [6, 6.07) is 2.44. The molecule has 0 radical (unpaired) electrons. The normalized spacial score (nSPS) is 32.7. The lowest BCUT2D eigenvalue weighted by atomic mass is 9.67. The van der Waals surface area contributed by atoms with E-state index in [2.05, 4.69) is 5.32 Å². The Morgan fingerprint density at radius 1 is 1.40 bits per heavy atom. The van der Waals surface area contributed by atoms with Crippen LogP contribution in [-0.2, 0) is 0 Å². The second-order valence-electron chi connectivity index (χ2n) is 6.03. The Bertz CT molecular complexity index is 474. The molecule has 2 unspecified atom stereocenters. The van der Waals surface area contributed by atoms with Gasteiger partial charge in [0.05, 0.1) is 12.0 Å². The molecule has 2 aliphatic carbocycles. The summed E-state index contributed by atoms with van der Waals surface area (Å²) in [5.74, 6) is 1.91. The number of carbonyl (C=O) groups excluding carboxylic acids is 1. The lowest BCUT2D eigenvalue weighted by molar-refractivity contribution is 0.0759. The Morgan fingerprint density at radius 2 is 2.10 bits per heavy atom. The van der Waals surface area contributed by atoms with Crippen LogP contribution in [0.5, 0.6) is 5.75 Å². The summed E-state index contributed by atoms with van der Waals surface area (Å²) < 4.78 is 5.14. The maximum Gasteiger partial charge on any atom is 0.261 e. The first-order valence-electron chi connectivity index (χ1n) is 7.36. The highest BCUT2D eigenvalue weighted by Gasteiger charge is 2.40. The van der Waals surface area contributed by atoms with Crippen molar-refractivity contribution in [2.45, 2.75) is 44.2 Å². The van der Waals surface area contributed by atoms with Crippen LogP contribution >= 0.6 is 11.3 Å². The smallest absolute Gasteiger partial charge is 0.261 e. The van der Waals surface area contributed by atoms with Crippen molar-refractivity contribution in [1.29, 1.82) is 0 Å². The third kappa shape index (κ3) is 2.69. The van der Waals surface area contributed by atoms with E-state index in [-0.39, 0.29) is 5.91 Å². The van der Waals surface area contributed by atoms with Crippen LogP contribution in [0.2, 0.25) is 0 Å². The largest absolute Gasteiger partial charge is 0.496 e. The first-order valence-corrected chi connectivity index (χ1v) is 8.24. The second kappa shape index (κ2) is 5.74. The molecule has 0 saturated heterocycles. The molecule has 1 amide bonds. The summed E-state index contributed by atoms with van der Waals surface area (Å²) >= 11 is 1.44. The fraction of sp³-hybridized carbons (Fsp3) is 0.667. The standard InChI is InChI=1S/C15H22N2O2S/c1-19-12-7-13(20-8-12)15(18)17-14-9-3-2-4-10(14)6-11(16)5-9/h7-11,14H,2-6,16H2,1H3,(H,17,18). The van der Waals surface area contributed by atoms with Gasteiger partial charge in [0.15, 0.2) is 0 Å². The third-order valence-electron chi connectivity index (χ3n) is 4.71. The van der Waals surface area contributed by atoms with Crippen molar-refractivity contribution < 1.29 is 9.53 Å². The average molecular weight is 294 g/mol. The topological polar surface area (TPSA) is 64.3 Å². The number of ether oxygens (including phenoxy) is 1. The molecule has 0 spiro atoms. The van der Waals surface area contributed by atoms with Crippen molar-refractivity contribution in [1.82, 2.24) is 5.32 Å². The Labute approximate surface area is 123 Å². The van der Waals surface area contributed by atoms with Crippen molar-refractivity contribution in [3.63, 3.8) is 0 Å². The number of amides is 1. The van der Waals surface area contributed by atoms with Gasteiger partial charge in [-0.15, -0.1) is 11.3 Å². The van der Waals surface area contributed by atoms with Crippen molar-refractivity contribution in [3.05, 3.63) is 16.3 Å². The summed E-state index contributed by atoms with van der Waals surface area (Å²) in [5.41, 5.74) is 6.12. The van der Waals surface area contributed by atoms with E-state index >= 15 is 0 Å². The fourth-order valence-corrected chi connectivity index (χ4v) is 4.55. The molecule has 3 N–H and O–H groups in total. The molecular formula is C15H22N2O2S. The third-order valence-corrected chi connectivity index (χ3v) is 5.62. The Kier molecular flexibility index (Phi) is 3.98. The van der Waals surface area contributed by atoms with Crippen LogP contribution in [0.3, 0.4) is 0 Å². The number of hydrogen-bond acceptors (Lipinski definition) is 4. The molecule has 2 saturated carbocycles. The van der Waals surface area contributed by atoms with Crippen molar-refractivity contribution in [2.24, 2.45) is 17.6 Å². The van der Waals surface area contributed by atoms with Crippen LogP contribution in [-0.4, -0.2) is 25.1 Å². The fourth-order valence-electron chi connectivity index (χ4n) is 3.79. The van der Waals surface area contributed by atoms with Gasteiger partial charge < -0.3 is 15.8 Å². The quantitative estimate of drug-likeness (QED) is 0.899. The predicted octanol–water partition coefficient (Wildman–Crippen LogP) is 2.39. The molecule has 5 heteroatoms. The SMILES string of the molecule is COc1csc(C(=O)NC2C3CCCC2CC(N)C3)c1. The van der Waals surface area contributed by atoms with Crippen molar-refractivity contribution in [2.75, 3.05) is 7.11 Å². The zero-order valence-electron chi connectivity index (χ0n) is 11.8.